The van der Waals surface area contributed by atoms with E-state index >= 15 is 0 Å². The average Bonchev–Trinajstić information content (AvgIpc) is 2.62. The third-order valence-corrected chi connectivity index (χ3v) is 5.21. The number of hydrogen-bond acceptors (Lipinski definition) is 8. The van der Waals surface area contributed by atoms with Crippen molar-refractivity contribution in [3.05, 3.63) is 46.6 Å². The standard InChI is InChI=1S/C14H16N6O4S2/c1-3-15-13(21)9-5-11(19(23)7-17-9)25-26-12-6-10(14(22)16-4-2)18-8-20(12)24/h5-8H,3-4H2,1-2H3,(H,15,21)(H,16,22). The summed E-state index contributed by atoms with van der Waals surface area (Å²) in [6.07, 6.45) is 1.96. The molecule has 0 fully saturated rings. The molecule has 0 spiro atoms. The maximum absolute atomic E-state index is 11.8. The molecule has 2 N–H and O–H groups in total. The molecule has 0 bridgehead atoms. The van der Waals surface area contributed by atoms with Crippen molar-refractivity contribution in [2.24, 2.45) is 0 Å². The average molecular weight is 396 g/mol. The molecule has 0 aromatic carbocycles. The summed E-state index contributed by atoms with van der Waals surface area (Å²) in [4.78, 5) is 31.2. The molecular formula is C14H16N6O4S2. The number of hydrogen-bond donors (Lipinski definition) is 2. The van der Waals surface area contributed by atoms with E-state index in [1.807, 2.05) is 0 Å². The Kier molecular flexibility index (Phi) is 6.97. The van der Waals surface area contributed by atoms with Crippen molar-refractivity contribution < 1.29 is 19.0 Å². The molecule has 0 saturated heterocycles. The van der Waals surface area contributed by atoms with Crippen LogP contribution in [0.3, 0.4) is 0 Å². The summed E-state index contributed by atoms with van der Waals surface area (Å²) in [6.45, 7) is 4.39. The Labute approximate surface area is 157 Å². The zero-order chi connectivity index (χ0) is 19.1. The van der Waals surface area contributed by atoms with Crippen molar-refractivity contribution in [1.29, 1.82) is 0 Å². The molecule has 0 aliphatic heterocycles. The van der Waals surface area contributed by atoms with Gasteiger partial charge in [0.25, 0.3) is 24.5 Å². The highest BCUT2D eigenvalue weighted by Gasteiger charge is 2.19. The van der Waals surface area contributed by atoms with Gasteiger partial charge >= 0.3 is 0 Å². The lowest BCUT2D eigenvalue weighted by atomic mass is 10.4. The summed E-state index contributed by atoms with van der Waals surface area (Å²) in [5.41, 5.74) is 0.185. The zero-order valence-corrected chi connectivity index (χ0v) is 15.6. The first-order chi connectivity index (χ1) is 12.5. The quantitative estimate of drug-likeness (QED) is 0.290. The van der Waals surface area contributed by atoms with Crippen molar-refractivity contribution in [3.63, 3.8) is 0 Å². The van der Waals surface area contributed by atoms with E-state index < -0.39 is 11.8 Å². The van der Waals surface area contributed by atoms with Crippen LogP contribution < -0.4 is 20.1 Å². The fraction of sp³-hybridized carbons (Fsp3) is 0.286. The van der Waals surface area contributed by atoms with Crippen LogP contribution in [0.2, 0.25) is 0 Å². The molecular weight excluding hydrogens is 380 g/mol. The van der Waals surface area contributed by atoms with Crippen LogP contribution >= 0.6 is 21.6 Å². The zero-order valence-electron chi connectivity index (χ0n) is 14.0. The van der Waals surface area contributed by atoms with Gasteiger partial charge in [-0.05, 0) is 45.4 Å². The largest absolute Gasteiger partial charge is 0.710 e. The maximum Gasteiger partial charge on any atom is 0.295 e. The fourth-order valence-electron chi connectivity index (χ4n) is 1.74. The van der Waals surface area contributed by atoms with Gasteiger partial charge in [0.05, 0.1) is 12.1 Å². The van der Waals surface area contributed by atoms with Gasteiger partial charge in [0.2, 0.25) is 11.4 Å². The van der Waals surface area contributed by atoms with Crippen LogP contribution in [0.4, 0.5) is 0 Å². The first-order valence-electron chi connectivity index (χ1n) is 7.55. The number of amides is 2. The summed E-state index contributed by atoms with van der Waals surface area (Å²) in [5, 5.41) is 29.2. The van der Waals surface area contributed by atoms with Crippen LogP contribution in [0.5, 0.6) is 0 Å². The van der Waals surface area contributed by atoms with E-state index in [4.69, 9.17) is 0 Å². The summed E-state index contributed by atoms with van der Waals surface area (Å²) < 4.78 is 0.975. The number of carbonyl (C=O) groups excluding carboxylic acids is 2. The van der Waals surface area contributed by atoms with E-state index in [-0.39, 0.29) is 21.4 Å². The van der Waals surface area contributed by atoms with Crippen LogP contribution in [0.25, 0.3) is 0 Å². The van der Waals surface area contributed by atoms with Gasteiger partial charge in [-0.25, -0.2) is 9.46 Å². The van der Waals surface area contributed by atoms with Crippen LogP contribution in [0.15, 0.2) is 34.8 Å². The predicted octanol–water partition coefficient (Wildman–Crippen LogP) is 0.0422. The van der Waals surface area contributed by atoms with Crippen LogP contribution in [0, 0.1) is 10.4 Å². The Morgan fingerprint density at radius 2 is 1.31 bits per heavy atom. The molecule has 0 aliphatic rings. The highest BCUT2D eigenvalue weighted by atomic mass is 33.1. The molecule has 0 unspecified atom stereocenters. The SMILES string of the molecule is CCNC(=O)c1cc(SSc2cc(C(=O)NCC)nc[n+]2[O-])[n+]([O-])cn1. The Hall–Kier alpha value is -2.60. The van der Waals surface area contributed by atoms with Crippen LogP contribution in [0.1, 0.15) is 34.8 Å². The summed E-state index contributed by atoms with van der Waals surface area (Å²) >= 11 is 0. The maximum atomic E-state index is 11.8. The van der Waals surface area contributed by atoms with E-state index in [2.05, 4.69) is 20.6 Å². The molecule has 2 amide bonds. The topological polar surface area (TPSA) is 138 Å². The first-order valence-corrected chi connectivity index (χ1v) is 9.70. The summed E-state index contributed by atoms with van der Waals surface area (Å²) in [7, 11) is 1.93. The molecule has 0 saturated carbocycles. The van der Waals surface area contributed by atoms with E-state index in [1.165, 1.54) is 12.1 Å². The lowest BCUT2D eigenvalue weighted by molar-refractivity contribution is -0.649. The molecule has 26 heavy (non-hydrogen) atoms. The number of aromatic nitrogens is 4. The van der Waals surface area contributed by atoms with E-state index in [9.17, 15) is 20.0 Å². The Morgan fingerprint density at radius 3 is 1.65 bits per heavy atom. The normalized spacial score (nSPS) is 10.4. The number of rotatable bonds is 7. The van der Waals surface area contributed by atoms with E-state index in [1.54, 1.807) is 13.8 Å². The second-order valence-electron chi connectivity index (χ2n) is 4.76. The molecule has 0 radical (unpaired) electrons. The van der Waals surface area contributed by atoms with Gasteiger partial charge < -0.3 is 21.0 Å². The molecule has 2 heterocycles. The van der Waals surface area contributed by atoms with Crippen molar-refractivity contribution in [1.82, 2.24) is 20.6 Å². The Bertz CT molecular complexity index is 753. The summed E-state index contributed by atoms with van der Waals surface area (Å²) in [6, 6.07) is 2.66. The second kappa shape index (κ2) is 9.20. The van der Waals surface area contributed by atoms with Crippen LogP contribution in [-0.4, -0.2) is 34.9 Å². The molecule has 2 rings (SSSR count). The monoisotopic (exact) mass is 396 g/mol. The lowest BCUT2D eigenvalue weighted by Gasteiger charge is -2.09. The predicted molar refractivity (Wildman–Crippen MR) is 94.1 cm³/mol. The Morgan fingerprint density at radius 1 is 0.923 bits per heavy atom. The van der Waals surface area contributed by atoms with E-state index in [0.29, 0.717) is 22.6 Å². The van der Waals surface area contributed by atoms with Gasteiger partial charge in [0.15, 0.2) is 10.1 Å². The van der Waals surface area contributed by atoms with Gasteiger partial charge in [0.1, 0.15) is 0 Å². The third kappa shape index (κ3) is 4.95. The summed E-state index contributed by atoms with van der Waals surface area (Å²) in [5.74, 6) is -0.803. The highest BCUT2D eigenvalue weighted by molar-refractivity contribution is 8.76. The minimum Gasteiger partial charge on any atom is -0.710 e. The minimum atomic E-state index is -0.402. The number of nitrogens with zero attached hydrogens (tertiary/aromatic N) is 4. The van der Waals surface area contributed by atoms with Gasteiger partial charge in [-0.3, -0.25) is 9.59 Å². The van der Waals surface area contributed by atoms with Crippen molar-refractivity contribution in [2.45, 2.75) is 23.9 Å². The first kappa shape index (κ1) is 19.7. The van der Waals surface area contributed by atoms with Gasteiger partial charge in [-0.1, -0.05) is 0 Å². The van der Waals surface area contributed by atoms with Crippen LogP contribution in [-0.2, 0) is 0 Å². The van der Waals surface area contributed by atoms with Crippen molar-refractivity contribution in [3.8, 4) is 0 Å². The Balaban J connectivity index is 2.18. The van der Waals surface area contributed by atoms with Gasteiger partial charge in [-0.15, -0.1) is 0 Å². The van der Waals surface area contributed by atoms with Gasteiger partial charge in [-0.2, -0.15) is 0 Å². The molecule has 0 atom stereocenters. The molecule has 2 aromatic rings. The highest BCUT2D eigenvalue weighted by Crippen LogP contribution is 2.33. The molecule has 10 nitrogen and oxygen atoms in total. The van der Waals surface area contributed by atoms with Crippen molar-refractivity contribution >= 4 is 33.4 Å². The third-order valence-electron chi connectivity index (χ3n) is 2.91. The lowest BCUT2D eigenvalue weighted by Crippen LogP contribution is -2.33. The molecule has 0 aliphatic carbocycles. The fourth-order valence-corrected chi connectivity index (χ4v) is 3.71. The minimum absolute atomic E-state index is 0.0924. The van der Waals surface area contributed by atoms with E-state index in [0.717, 1.165) is 34.2 Å². The molecule has 12 heteroatoms. The molecule has 138 valence electrons. The van der Waals surface area contributed by atoms with Gasteiger partial charge in [0, 0.05) is 13.1 Å². The van der Waals surface area contributed by atoms with Crippen molar-refractivity contribution in [2.75, 3.05) is 13.1 Å². The smallest absolute Gasteiger partial charge is 0.295 e. The number of nitrogens with one attached hydrogen (secondary N) is 2. The molecule has 2 aromatic heterocycles. The second-order valence-corrected chi connectivity index (χ2v) is 6.93. The number of carbonyl (C=O) groups is 2.